The van der Waals surface area contributed by atoms with E-state index in [1.54, 1.807) is 0 Å². The third-order valence-electron chi connectivity index (χ3n) is 10.9. The molecule has 45 heavy (non-hydrogen) atoms. The van der Waals surface area contributed by atoms with E-state index in [1.807, 2.05) is 0 Å². The Bertz CT molecular complexity index is 494. The lowest BCUT2D eigenvalue weighted by atomic mass is 9.89. The molecule has 0 saturated carbocycles. The van der Waals surface area contributed by atoms with E-state index in [1.165, 1.54) is 250 Å². The molecule has 2 atom stereocenters. The van der Waals surface area contributed by atoms with Crippen molar-refractivity contribution in [2.75, 3.05) is 0 Å². The fourth-order valence-corrected chi connectivity index (χ4v) is 7.71. The summed E-state index contributed by atoms with van der Waals surface area (Å²) in [6, 6.07) is 0. The summed E-state index contributed by atoms with van der Waals surface area (Å²) >= 11 is 0. The van der Waals surface area contributed by atoms with Crippen molar-refractivity contribution in [1.82, 2.24) is 0 Å². The summed E-state index contributed by atoms with van der Waals surface area (Å²) in [5.74, 6) is 1.88. The topological polar surface area (TPSA) is 0 Å². The Morgan fingerprint density at radius 2 is 0.378 bits per heavy atom. The van der Waals surface area contributed by atoms with Gasteiger partial charge in [0.1, 0.15) is 0 Å². The van der Waals surface area contributed by atoms with Crippen LogP contribution in [-0.4, -0.2) is 0 Å². The summed E-state index contributed by atoms with van der Waals surface area (Å²) < 4.78 is 0. The molecule has 0 aromatic carbocycles. The van der Waals surface area contributed by atoms with Crippen molar-refractivity contribution in [3.8, 4) is 0 Å². The van der Waals surface area contributed by atoms with Crippen LogP contribution in [0.15, 0.2) is 0 Å². The van der Waals surface area contributed by atoms with E-state index >= 15 is 0 Å². The van der Waals surface area contributed by atoms with E-state index < -0.39 is 0 Å². The molecule has 0 saturated heterocycles. The molecule has 0 N–H and O–H groups in total. The Balaban J connectivity index is 3.22. The summed E-state index contributed by atoms with van der Waals surface area (Å²) in [5.41, 5.74) is 0. The third kappa shape index (κ3) is 40.1. The Labute approximate surface area is 289 Å². The van der Waals surface area contributed by atoms with Crippen molar-refractivity contribution in [2.45, 2.75) is 278 Å². The fraction of sp³-hybridized carbons (Fsp3) is 1.00. The van der Waals surface area contributed by atoms with E-state index in [0.717, 1.165) is 11.8 Å². The standard InChI is InChI=1S/C45H92/c1-5-7-9-11-13-15-17-19-20-21-22-23-24-25-26-27-28-29-30-32-34-36-38-40-42-45(4)43-44(3)41-39-37-35-33-31-18-16-14-12-10-8-6-2/h44-45H,5-43H2,1-4H3. The van der Waals surface area contributed by atoms with Gasteiger partial charge in [0.05, 0.1) is 0 Å². The minimum atomic E-state index is 0.942. The maximum absolute atomic E-state index is 2.53. The van der Waals surface area contributed by atoms with Gasteiger partial charge in [-0.1, -0.05) is 272 Å². The highest BCUT2D eigenvalue weighted by atomic mass is 14.1. The third-order valence-corrected chi connectivity index (χ3v) is 10.9. The van der Waals surface area contributed by atoms with E-state index in [4.69, 9.17) is 0 Å². The molecule has 0 heteroatoms. The van der Waals surface area contributed by atoms with Crippen LogP contribution in [0.2, 0.25) is 0 Å². The average Bonchev–Trinajstić information content (AvgIpc) is 3.03. The van der Waals surface area contributed by atoms with E-state index in [-0.39, 0.29) is 0 Å². The first kappa shape index (κ1) is 45.0. The molecule has 0 aliphatic rings. The Morgan fingerprint density at radius 1 is 0.222 bits per heavy atom. The van der Waals surface area contributed by atoms with Gasteiger partial charge in [0.25, 0.3) is 0 Å². The van der Waals surface area contributed by atoms with Crippen molar-refractivity contribution in [2.24, 2.45) is 11.8 Å². The quantitative estimate of drug-likeness (QED) is 0.0590. The van der Waals surface area contributed by atoms with Gasteiger partial charge in [-0.2, -0.15) is 0 Å². The second-order valence-corrected chi connectivity index (χ2v) is 16.0. The number of hydrogen-bond donors (Lipinski definition) is 0. The maximum Gasteiger partial charge on any atom is -0.0440 e. The Kier molecular flexibility index (Phi) is 40.2. The summed E-state index contributed by atoms with van der Waals surface area (Å²) in [7, 11) is 0. The number of hydrogen-bond acceptors (Lipinski definition) is 0. The van der Waals surface area contributed by atoms with Crippen LogP contribution in [-0.2, 0) is 0 Å². The second-order valence-electron chi connectivity index (χ2n) is 16.0. The summed E-state index contributed by atoms with van der Waals surface area (Å²) in [4.78, 5) is 0. The molecule has 0 aliphatic heterocycles. The van der Waals surface area contributed by atoms with Crippen LogP contribution in [0.4, 0.5) is 0 Å². The van der Waals surface area contributed by atoms with Crippen LogP contribution in [0.3, 0.4) is 0 Å². The maximum atomic E-state index is 2.53. The first-order valence-electron chi connectivity index (χ1n) is 22.2. The van der Waals surface area contributed by atoms with Gasteiger partial charge < -0.3 is 0 Å². The minimum Gasteiger partial charge on any atom is -0.0654 e. The molecule has 0 spiro atoms. The van der Waals surface area contributed by atoms with Gasteiger partial charge in [0, 0.05) is 0 Å². The number of unbranched alkanes of at least 4 members (excludes halogenated alkanes) is 34. The average molecular weight is 633 g/mol. The van der Waals surface area contributed by atoms with E-state index in [9.17, 15) is 0 Å². The van der Waals surface area contributed by atoms with Crippen LogP contribution >= 0.6 is 0 Å². The van der Waals surface area contributed by atoms with Crippen molar-refractivity contribution >= 4 is 0 Å². The molecule has 0 amide bonds. The van der Waals surface area contributed by atoms with Gasteiger partial charge in [0.15, 0.2) is 0 Å². The van der Waals surface area contributed by atoms with Gasteiger partial charge in [-0.3, -0.25) is 0 Å². The largest absolute Gasteiger partial charge is 0.0654 e. The zero-order valence-corrected chi connectivity index (χ0v) is 32.7. The first-order valence-corrected chi connectivity index (χ1v) is 22.2. The van der Waals surface area contributed by atoms with Gasteiger partial charge in [-0.25, -0.2) is 0 Å². The predicted molar refractivity (Wildman–Crippen MR) is 210 cm³/mol. The van der Waals surface area contributed by atoms with Crippen LogP contribution in [0.25, 0.3) is 0 Å². The van der Waals surface area contributed by atoms with Crippen molar-refractivity contribution in [1.29, 1.82) is 0 Å². The van der Waals surface area contributed by atoms with Crippen molar-refractivity contribution in [3.05, 3.63) is 0 Å². The Hall–Kier alpha value is 0. The lowest BCUT2D eigenvalue weighted by Crippen LogP contribution is -2.03. The highest BCUT2D eigenvalue weighted by Gasteiger charge is 2.09. The molecule has 0 aromatic heterocycles. The summed E-state index contributed by atoms with van der Waals surface area (Å²) in [6.07, 6.45) is 57.6. The molecule has 0 fully saturated rings. The van der Waals surface area contributed by atoms with Crippen LogP contribution < -0.4 is 0 Å². The SMILES string of the molecule is CCCCCCCCCCCCCCCCCCCCCCCCCCC(C)CC(C)CCCCCCCCCCCCCC. The molecule has 0 radical (unpaired) electrons. The molecule has 0 rings (SSSR count). The smallest absolute Gasteiger partial charge is 0.0440 e. The normalized spacial score (nSPS) is 13.1. The molecule has 272 valence electrons. The van der Waals surface area contributed by atoms with Gasteiger partial charge in [-0.05, 0) is 18.3 Å². The minimum absolute atomic E-state index is 0.942. The van der Waals surface area contributed by atoms with Crippen LogP contribution in [0, 0.1) is 11.8 Å². The highest BCUT2D eigenvalue weighted by molar-refractivity contribution is 4.61. The molecule has 0 bridgehead atoms. The molecule has 0 nitrogen and oxygen atoms in total. The molecular weight excluding hydrogens is 540 g/mol. The van der Waals surface area contributed by atoms with Crippen molar-refractivity contribution < 1.29 is 0 Å². The lowest BCUT2D eigenvalue weighted by Gasteiger charge is -2.17. The molecular formula is C45H92. The molecule has 0 aromatic rings. The van der Waals surface area contributed by atoms with Gasteiger partial charge in [-0.15, -0.1) is 0 Å². The monoisotopic (exact) mass is 633 g/mol. The summed E-state index contributed by atoms with van der Waals surface area (Å²) in [6.45, 7) is 9.67. The van der Waals surface area contributed by atoms with E-state index in [0.29, 0.717) is 0 Å². The molecule has 0 aliphatic carbocycles. The zero-order chi connectivity index (χ0) is 32.7. The molecule has 0 heterocycles. The zero-order valence-electron chi connectivity index (χ0n) is 32.7. The number of rotatable bonds is 40. The van der Waals surface area contributed by atoms with E-state index in [2.05, 4.69) is 27.7 Å². The highest BCUT2D eigenvalue weighted by Crippen LogP contribution is 2.23. The van der Waals surface area contributed by atoms with Gasteiger partial charge >= 0.3 is 0 Å². The summed E-state index contributed by atoms with van der Waals surface area (Å²) in [5, 5.41) is 0. The van der Waals surface area contributed by atoms with Crippen molar-refractivity contribution in [3.63, 3.8) is 0 Å². The lowest BCUT2D eigenvalue weighted by molar-refractivity contribution is 0.356. The second kappa shape index (κ2) is 40.2. The molecule has 2 unspecified atom stereocenters. The van der Waals surface area contributed by atoms with Crippen LogP contribution in [0.5, 0.6) is 0 Å². The first-order chi connectivity index (χ1) is 22.2. The Morgan fingerprint density at radius 3 is 0.556 bits per heavy atom. The predicted octanol–water partition coefficient (Wildman–Crippen LogP) is 17.5. The van der Waals surface area contributed by atoms with Crippen LogP contribution in [0.1, 0.15) is 278 Å². The fourth-order valence-electron chi connectivity index (χ4n) is 7.71. The van der Waals surface area contributed by atoms with Gasteiger partial charge in [0.2, 0.25) is 0 Å².